The lowest BCUT2D eigenvalue weighted by molar-refractivity contribution is -0.136. The normalized spacial score (nSPS) is 11.8. The maximum Gasteiger partial charge on any atom is 0.316 e. The Morgan fingerprint density at radius 3 is 2.71 bits per heavy atom. The number of anilines is 1. The summed E-state index contributed by atoms with van der Waals surface area (Å²) >= 11 is 2.45. The minimum atomic E-state index is -0.911. The third-order valence-corrected chi connectivity index (χ3v) is 4.52. The Hall–Kier alpha value is -1.86. The lowest BCUT2D eigenvalue weighted by Gasteiger charge is -2.11. The van der Waals surface area contributed by atoms with Gasteiger partial charge in [0.25, 0.3) is 0 Å². The number of carboxylic acids is 1. The number of benzene rings is 1. The van der Waals surface area contributed by atoms with E-state index < -0.39 is 11.2 Å². The molecule has 1 unspecified atom stereocenters. The van der Waals surface area contributed by atoms with Crippen molar-refractivity contribution in [2.24, 2.45) is 0 Å². The number of nitrogens with one attached hydrogen (secondary N) is 1. The molecule has 2 N–H and O–H groups in total. The van der Waals surface area contributed by atoms with Crippen molar-refractivity contribution in [3.63, 3.8) is 0 Å². The standard InChI is InChI=1S/C14H14N2O3S2/c17-12(16-14-15-6-7-20-14)9-21-11(13(18)19)8-10-4-2-1-3-5-10/h1-7,11H,8-9H2,(H,18,19)(H,15,16,17). The fourth-order valence-electron chi connectivity index (χ4n) is 1.66. The van der Waals surface area contributed by atoms with E-state index in [1.807, 2.05) is 30.3 Å². The summed E-state index contributed by atoms with van der Waals surface area (Å²) in [6, 6.07) is 9.38. The molecule has 21 heavy (non-hydrogen) atoms. The van der Waals surface area contributed by atoms with Crippen LogP contribution in [0.2, 0.25) is 0 Å². The fraction of sp³-hybridized carbons (Fsp3) is 0.214. The molecule has 110 valence electrons. The Labute approximate surface area is 130 Å². The van der Waals surface area contributed by atoms with Gasteiger partial charge in [-0.25, -0.2) is 4.98 Å². The SMILES string of the molecule is O=C(CSC(Cc1ccccc1)C(=O)O)Nc1nccs1. The highest BCUT2D eigenvalue weighted by Gasteiger charge is 2.20. The minimum Gasteiger partial charge on any atom is -0.480 e. The molecule has 1 aromatic carbocycles. The number of thioether (sulfide) groups is 1. The van der Waals surface area contributed by atoms with Crippen LogP contribution in [-0.4, -0.2) is 33.0 Å². The second kappa shape index (κ2) is 7.80. The lowest BCUT2D eigenvalue weighted by Crippen LogP contribution is -2.23. The first-order chi connectivity index (χ1) is 10.1. The summed E-state index contributed by atoms with van der Waals surface area (Å²) < 4.78 is 0. The number of aliphatic carboxylic acids is 1. The molecule has 1 heterocycles. The van der Waals surface area contributed by atoms with Crippen LogP contribution in [-0.2, 0) is 16.0 Å². The summed E-state index contributed by atoms with van der Waals surface area (Å²) in [6.45, 7) is 0. The zero-order valence-corrected chi connectivity index (χ0v) is 12.7. The summed E-state index contributed by atoms with van der Waals surface area (Å²) in [7, 11) is 0. The fourth-order valence-corrected chi connectivity index (χ4v) is 3.09. The first-order valence-electron chi connectivity index (χ1n) is 6.23. The highest BCUT2D eigenvalue weighted by Crippen LogP contribution is 2.18. The van der Waals surface area contributed by atoms with Gasteiger partial charge in [0.05, 0.1) is 5.75 Å². The van der Waals surface area contributed by atoms with Gasteiger partial charge in [-0.15, -0.1) is 23.1 Å². The zero-order chi connectivity index (χ0) is 15.1. The topological polar surface area (TPSA) is 79.3 Å². The average molecular weight is 322 g/mol. The van der Waals surface area contributed by atoms with Crippen LogP contribution in [0.4, 0.5) is 5.13 Å². The molecule has 0 saturated carbocycles. The maximum atomic E-state index is 11.7. The zero-order valence-electron chi connectivity index (χ0n) is 11.1. The summed E-state index contributed by atoms with van der Waals surface area (Å²) in [6.07, 6.45) is 1.99. The Morgan fingerprint density at radius 2 is 2.10 bits per heavy atom. The molecule has 1 amide bonds. The predicted octanol–water partition coefficient (Wildman–Crippen LogP) is 2.51. The van der Waals surface area contributed by atoms with Gasteiger partial charge in [0.2, 0.25) is 5.91 Å². The average Bonchev–Trinajstić information content (AvgIpc) is 2.97. The Bertz CT molecular complexity index is 588. The quantitative estimate of drug-likeness (QED) is 0.819. The first kappa shape index (κ1) is 15.5. The second-order valence-electron chi connectivity index (χ2n) is 4.21. The Kier molecular flexibility index (Phi) is 5.77. The third-order valence-electron chi connectivity index (χ3n) is 2.63. The summed E-state index contributed by atoms with van der Waals surface area (Å²) in [4.78, 5) is 26.9. The third kappa shape index (κ3) is 5.20. The molecule has 0 aliphatic carbocycles. The van der Waals surface area contributed by atoms with E-state index >= 15 is 0 Å². The van der Waals surface area contributed by atoms with Gasteiger partial charge < -0.3 is 10.4 Å². The monoisotopic (exact) mass is 322 g/mol. The number of rotatable bonds is 7. The van der Waals surface area contributed by atoms with Crippen LogP contribution < -0.4 is 5.32 Å². The van der Waals surface area contributed by atoms with Gasteiger partial charge in [-0.3, -0.25) is 9.59 Å². The van der Waals surface area contributed by atoms with Crippen molar-refractivity contribution in [3.05, 3.63) is 47.5 Å². The molecule has 0 aliphatic heterocycles. The van der Waals surface area contributed by atoms with Gasteiger partial charge in [0.15, 0.2) is 5.13 Å². The summed E-state index contributed by atoms with van der Waals surface area (Å²) in [5.41, 5.74) is 0.942. The maximum absolute atomic E-state index is 11.7. The number of hydrogen-bond donors (Lipinski definition) is 2. The van der Waals surface area contributed by atoms with Crippen LogP contribution in [0.1, 0.15) is 5.56 Å². The molecule has 0 bridgehead atoms. The highest BCUT2D eigenvalue weighted by atomic mass is 32.2. The molecule has 1 atom stereocenters. The molecule has 2 aromatic rings. The van der Waals surface area contributed by atoms with Crippen LogP contribution >= 0.6 is 23.1 Å². The lowest BCUT2D eigenvalue weighted by atomic mass is 10.1. The van der Waals surface area contributed by atoms with E-state index in [9.17, 15) is 14.7 Å². The molecule has 0 spiro atoms. The number of amides is 1. The largest absolute Gasteiger partial charge is 0.480 e. The molecular weight excluding hydrogens is 308 g/mol. The van der Waals surface area contributed by atoms with E-state index in [0.717, 1.165) is 17.3 Å². The minimum absolute atomic E-state index is 0.0867. The van der Waals surface area contributed by atoms with E-state index in [-0.39, 0.29) is 11.7 Å². The first-order valence-corrected chi connectivity index (χ1v) is 8.15. The summed E-state index contributed by atoms with van der Waals surface area (Å²) in [5, 5.41) is 13.5. The second-order valence-corrected chi connectivity index (χ2v) is 6.30. The van der Waals surface area contributed by atoms with Crippen LogP contribution in [0.3, 0.4) is 0 Å². The van der Waals surface area contributed by atoms with Crippen molar-refractivity contribution in [2.75, 3.05) is 11.1 Å². The van der Waals surface area contributed by atoms with E-state index in [1.165, 1.54) is 11.3 Å². The van der Waals surface area contributed by atoms with E-state index in [1.54, 1.807) is 11.6 Å². The van der Waals surface area contributed by atoms with Crippen molar-refractivity contribution in [1.82, 2.24) is 4.98 Å². The molecule has 0 aliphatic rings. The van der Waals surface area contributed by atoms with E-state index in [0.29, 0.717) is 11.6 Å². The number of carbonyl (C=O) groups excluding carboxylic acids is 1. The van der Waals surface area contributed by atoms with Crippen molar-refractivity contribution in [2.45, 2.75) is 11.7 Å². The number of hydrogen-bond acceptors (Lipinski definition) is 5. The Morgan fingerprint density at radius 1 is 1.33 bits per heavy atom. The van der Waals surface area contributed by atoms with Gasteiger partial charge in [-0.1, -0.05) is 30.3 Å². The van der Waals surface area contributed by atoms with Crippen LogP contribution in [0.25, 0.3) is 0 Å². The summed E-state index contributed by atoms with van der Waals surface area (Å²) in [5.74, 6) is -1.07. The van der Waals surface area contributed by atoms with Crippen LogP contribution in [0.15, 0.2) is 41.9 Å². The van der Waals surface area contributed by atoms with E-state index in [2.05, 4.69) is 10.3 Å². The molecule has 7 heteroatoms. The molecule has 1 aromatic heterocycles. The van der Waals surface area contributed by atoms with Crippen LogP contribution in [0, 0.1) is 0 Å². The highest BCUT2D eigenvalue weighted by molar-refractivity contribution is 8.01. The molecule has 2 rings (SSSR count). The van der Waals surface area contributed by atoms with E-state index in [4.69, 9.17) is 0 Å². The number of thiazole rings is 1. The number of carboxylic acid groups (broad SMARTS) is 1. The van der Waals surface area contributed by atoms with Gasteiger partial charge in [0.1, 0.15) is 5.25 Å². The molecule has 0 radical (unpaired) electrons. The smallest absolute Gasteiger partial charge is 0.316 e. The van der Waals surface area contributed by atoms with Crippen molar-refractivity contribution < 1.29 is 14.7 Å². The number of aromatic nitrogens is 1. The van der Waals surface area contributed by atoms with Gasteiger partial charge >= 0.3 is 5.97 Å². The van der Waals surface area contributed by atoms with Crippen molar-refractivity contribution in [1.29, 1.82) is 0 Å². The predicted molar refractivity (Wildman–Crippen MR) is 84.8 cm³/mol. The van der Waals surface area contributed by atoms with Crippen molar-refractivity contribution in [3.8, 4) is 0 Å². The van der Waals surface area contributed by atoms with Gasteiger partial charge in [-0.2, -0.15) is 0 Å². The molecular formula is C14H14N2O3S2. The van der Waals surface area contributed by atoms with Gasteiger partial charge in [0, 0.05) is 11.6 Å². The molecule has 0 saturated heterocycles. The van der Waals surface area contributed by atoms with Gasteiger partial charge in [-0.05, 0) is 12.0 Å². The van der Waals surface area contributed by atoms with Crippen molar-refractivity contribution >= 4 is 40.1 Å². The Balaban J connectivity index is 1.85. The number of nitrogens with zero attached hydrogens (tertiary/aromatic N) is 1. The number of carbonyl (C=O) groups is 2. The molecule has 0 fully saturated rings. The van der Waals surface area contributed by atoms with Crippen LogP contribution in [0.5, 0.6) is 0 Å². The molecule has 5 nitrogen and oxygen atoms in total.